The van der Waals surface area contributed by atoms with Gasteiger partial charge in [0.25, 0.3) is 5.91 Å². The normalized spacial score (nSPS) is 23.2. The highest BCUT2D eigenvalue weighted by atomic mass is 16.5. The summed E-state index contributed by atoms with van der Waals surface area (Å²) in [5.74, 6) is 1.11. The lowest BCUT2D eigenvalue weighted by Gasteiger charge is -2.41. The van der Waals surface area contributed by atoms with E-state index < -0.39 is 0 Å². The molecule has 2 fully saturated rings. The summed E-state index contributed by atoms with van der Waals surface area (Å²) in [6.45, 7) is 1.95. The number of anilines is 1. The summed E-state index contributed by atoms with van der Waals surface area (Å²) in [7, 11) is 0. The second kappa shape index (κ2) is 9.30. The van der Waals surface area contributed by atoms with Crippen molar-refractivity contribution in [3.8, 4) is 5.75 Å². The Balaban J connectivity index is 1.34. The summed E-state index contributed by atoms with van der Waals surface area (Å²) in [6.07, 6.45) is 5.19. The zero-order valence-electron chi connectivity index (χ0n) is 17.3. The molecule has 1 aliphatic heterocycles. The SMILES string of the molecule is Cc1cccc(OCC(=O)Nc2cccc(CC3NNC(=O)C4CCCCC34)c2)c1. The van der Waals surface area contributed by atoms with E-state index in [1.54, 1.807) is 0 Å². The Morgan fingerprint density at radius 2 is 1.97 bits per heavy atom. The molecule has 30 heavy (non-hydrogen) atoms. The Morgan fingerprint density at radius 1 is 1.13 bits per heavy atom. The molecule has 3 atom stereocenters. The number of nitrogens with one attached hydrogen (secondary N) is 3. The predicted molar refractivity (Wildman–Crippen MR) is 116 cm³/mol. The van der Waals surface area contributed by atoms with Gasteiger partial charge in [0, 0.05) is 17.6 Å². The van der Waals surface area contributed by atoms with Crippen molar-refractivity contribution < 1.29 is 14.3 Å². The zero-order valence-corrected chi connectivity index (χ0v) is 17.3. The molecule has 1 saturated heterocycles. The van der Waals surface area contributed by atoms with Crippen molar-refractivity contribution in [3.63, 3.8) is 0 Å². The van der Waals surface area contributed by atoms with Gasteiger partial charge in [0.15, 0.2) is 6.61 Å². The van der Waals surface area contributed by atoms with Crippen LogP contribution in [-0.2, 0) is 16.0 Å². The topological polar surface area (TPSA) is 79.5 Å². The van der Waals surface area contributed by atoms with Gasteiger partial charge in [-0.25, -0.2) is 5.43 Å². The van der Waals surface area contributed by atoms with Gasteiger partial charge in [-0.3, -0.25) is 15.0 Å². The lowest BCUT2D eigenvalue weighted by atomic mass is 9.72. The van der Waals surface area contributed by atoms with Gasteiger partial charge in [-0.15, -0.1) is 0 Å². The second-order valence-electron chi connectivity index (χ2n) is 8.35. The smallest absolute Gasteiger partial charge is 0.262 e. The first-order valence-electron chi connectivity index (χ1n) is 10.7. The molecular formula is C24H29N3O3. The van der Waals surface area contributed by atoms with Crippen molar-refractivity contribution in [3.05, 3.63) is 59.7 Å². The number of carbonyl (C=O) groups excluding carboxylic acids is 2. The first-order valence-corrected chi connectivity index (χ1v) is 10.7. The Labute approximate surface area is 177 Å². The molecule has 0 aromatic heterocycles. The van der Waals surface area contributed by atoms with E-state index in [2.05, 4.69) is 22.2 Å². The number of hydrogen-bond donors (Lipinski definition) is 3. The van der Waals surface area contributed by atoms with Gasteiger partial charge in [-0.05, 0) is 67.5 Å². The number of aryl methyl sites for hydroxylation is 1. The molecule has 158 valence electrons. The van der Waals surface area contributed by atoms with Crippen LogP contribution in [0.3, 0.4) is 0 Å². The van der Waals surface area contributed by atoms with Gasteiger partial charge in [0.2, 0.25) is 5.91 Å². The summed E-state index contributed by atoms with van der Waals surface area (Å²) in [6, 6.07) is 15.8. The minimum Gasteiger partial charge on any atom is -0.484 e. The van der Waals surface area contributed by atoms with Crippen LogP contribution in [0.5, 0.6) is 5.75 Å². The van der Waals surface area contributed by atoms with Gasteiger partial charge in [0.05, 0.1) is 0 Å². The fourth-order valence-corrected chi connectivity index (χ4v) is 4.61. The molecule has 6 nitrogen and oxygen atoms in total. The van der Waals surface area contributed by atoms with Crippen molar-refractivity contribution >= 4 is 17.5 Å². The number of carbonyl (C=O) groups is 2. The third kappa shape index (κ3) is 5.00. The highest BCUT2D eigenvalue weighted by molar-refractivity contribution is 5.91. The number of rotatable bonds is 6. The maximum absolute atomic E-state index is 12.3. The average Bonchev–Trinajstić information content (AvgIpc) is 2.75. The molecule has 4 rings (SSSR count). The molecule has 6 heteroatoms. The number of benzene rings is 2. The van der Waals surface area contributed by atoms with E-state index in [4.69, 9.17) is 4.74 Å². The van der Waals surface area contributed by atoms with Crippen molar-refractivity contribution in [1.29, 1.82) is 0 Å². The first kappa shape index (κ1) is 20.4. The molecule has 1 saturated carbocycles. The zero-order chi connectivity index (χ0) is 20.9. The van der Waals surface area contributed by atoms with E-state index in [1.807, 2.05) is 49.4 Å². The Morgan fingerprint density at radius 3 is 2.83 bits per heavy atom. The molecule has 3 N–H and O–H groups in total. The summed E-state index contributed by atoms with van der Waals surface area (Å²) in [5.41, 5.74) is 9.05. The fourth-order valence-electron chi connectivity index (χ4n) is 4.61. The Hall–Kier alpha value is -2.86. The van der Waals surface area contributed by atoms with Crippen molar-refractivity contribution in [1.82, 2.24) is 10.9 Å². The van der Waals surface area contributed by atoms with E-state index in [1.165, 1.54) is 6.42 Å². The highest BCUT2D eigenvalue weighted by Gasteiger charge is 2.39. The van der Waals surface area contributed by atoms with Gasteiger partial charge < -0.3 is 10.1 Å². The lowest BCUT2D eigenvalue weighted by Crippen LogP contribution is -2.60. The average molecular weight is 408 g/mol. The predicted octanol–water partition coefficient (Wildman–Crippen LogP) is 3.36. The van der Waals surface area contributed by atoms with E-state index >= 15 is 0 Å². The monoisotopic (exact) mass is 407 g/mol. The van der Waals surface area contributed by atoms with Crippen LogP contribution in [0.1, 0.15) is 36.8 Å². The molecule has 3 unspecified atom stereocenters. The molecule has 2 aliphatic rings. The number of hydrogen-bond acceptors (Lipinski definition) is 4. The summed E-state index contributed by atoms with van der Waals surface area (Å²) in [4.78, 5) is 24.5. The van der Waals surface area contributed by atoms with Crippen LogP contribution in [0, 0.1) is 18.8 Å². The number of ether oxygens (including phenoxy) is 1. The van der Waals surface area contributed by atoms with E-state index in [0.717, 1.165) is 42.5 Å². The van der Waals surface area contributed by atoms with Crippen LogP contribution in [0.15, 0.2) is 48.5 Å². The van der Waals surface area contributed by atoms with Crippen molar-refractivity contribution in [2.75, 3.05) is 11.9 Å². The molecule has 0 spiro atoms. The van der Waals surface area contributed by atoms with Crippen molar-refractivity contribution in [2.45, 2.75) is 45.1 Å². The molecule has 2 aromatic rings. The summed E-state index contributed by atoms with van der Waals surface area (Å²) >= 11 is 0. The van der Waals surface area contributed by atoms with E-state index in [9.17, 15) is 9.59 Å². The Bertz CT molecular complexity index is 914. The second-order valence-corrected chi connectivity index (χ2v) is 8.35. The molecular weight excluding hydrogens is 378 g/mol. The lowest BCUT2D eigenvalue weighted by molar-refractivity contribution is -0.133. The maximum Gasteiger partial charge on any atom is 0.262 e. The molecule has 2 amide bonds. The van der Waals surface area contributed by atoms with E-state index in [0.29, 0.717) is 11.7 Å². The largest absolute Gasteiger partial charge is 0.484 e. The van der Waals surface area contributed by atoms with Crippen LogP contribution in [0.2, 0.25) is 0 Å². The first-order chi connectivity index (χ1) is 14.6. The van der Waals surface area contributed by atoms with Gasteiger partial charge in [-0.1, -0.05) is 37.1 Å². The third-order valence-electron chi connectivity index (χ3n) is 6.08. The molecule has 1 aliphatic carbocycles. The van der Waals surface area contributed by atoms with Crippen LogP contribution in [0.25, 0.3) is 0 Å². The molecule has 0 radical (unpaired) electrons. The van der Waals surface area contributed by atoms with Gasteiger partial charge in [0.1, 0.15) is 5.75 Å². The molecule has 0 bridgehead atoms. The minimum atomic E-state index is -0.191. The molecule has 1 heterocycles. The highest BCUT2D eigenvalue weighted by Crippen LogP contribution is 2.35. The number of hydrazine groups is 1. The third-order valence-corrected chi connectivity index (χ3v) is 6.08. The van der Waals surface area contributed by atoms with Crippen LogP contribution in [0.4, 0.5) is 5.69 Å². The summed E-state index contributed by atoms with van der Waals surface area (Å²) in [5, 5.41) is 2.91. The fraction of sp³-hybridized carbons (Fsp3) is 0.417. The number of fused-ring (bicyclic) bond motifs is 1. The quantitative estimate of drug-likeness (QED) is 0.686. The van der Waals surface area contributed by atoms with Gasteiger partial charge >= 0.3 is 0 Å². The number of amides is 2. The molecule has 2 aromatic carbocycles. The van der Waals surface area contributed by atoms with E-state index in [-0.39, 0.29) is 30.4 Å². The minimum absolute atomic E-state index is 0.0341. The van der Waals surface area contributed by atoms with Crippen LogP contribution < -0.4 is 20.9 Å². The standard InChI is InChI=1S/C24H29N3O3/c1-16-6-4-9-19(12-16)30-15-23(28)25-18-8-5-7-17(13-18)14-22-20-10-2-3-11-21(20)24(29)27-26-22/h4-9,12-13,20-22,26H,2-3,10-11,14-15H2,1H3,(H,25,28)(H,27,29). The van der Waals surface area contributed by atoms with Crippen LogP contribution in [-0.4, -0.2) is 24.5 Å². The van der Waals surface area contributed by atoms with Crippen LogP contribution >= 0.6 is 0 Å². The van der Waals surface area contributed by atoms with Gasteiger partial charge in [-0.2, -0.15) is 0 Å². The maximum atomic E-state index is 12.3. The van der Waals surface area contributed by atoms with Crippen molar-refractivity contribution in [2.24, 2.45) is 11.8 Å². The summed E-state index contributed by atoms with van der Waals surface area (Å²) < 4.78 is 5.58. The Kier molecular flexibility index (Phi) is 6.33.